The molecule has 0 amide bonds. The minimum absolute atomic E-state index is 0.00538. The minimum Gasteiger partial charge on any atom is -0.396 e. The van der Waals surface area contributed by atoms with Gasteiger partial charge in [0.05, 0.1) is 0 Å². The van der Waals surface area contributed by atoms with Crippen molar-refractivity contribution in [3.8, 4) is 0 Å². The third-order valence-electron chi connectivity index (χ3n) is 3.70. The third kappa shape index (κ3) is 3.15. The average Bonchev–Trinajstić information content (AvgIpc) is 2.35. The zero-order chi connectivity index (χ0) is 13.7. The SMILES string of the molecule is CCCn1ccnc(N(CCCO)C2CCC2)c1=O. The Bertz CT molecular complexity index is 454. The predicted octanol–water partition coefficient (Wildman–Crippen LogP) is 1.39. The molecule has 5 heteroatoms. The van der Waals surface area contributed by atoms with Crippen molar-refractivity contribution in [2.75, 3.05) is 18.1 Å². The number of aliphatic hydroxyl groups is 1. The molecule has 0 unspecified atom stereocenters. The standard InChI is InChI=1S/C14H23N3O2/c1-2-8-16-10-7-15-13(14(16)19)17(9-4-11-18)12-5-3-6-12/h7,10,12,18H,2-6,8-9,11H2,1H3. The molecule has 106 valence electrons. The highest BCUT2D eigenvalue weighted by molar-refractivity contribution is 5.38. The van der Waals surface area contributed by atoms with E-state index in [4.69, 9.17) is 5.11 Å². The minimum atomic E-state index is -0.00538. The fourth-order valence-corrected chi connectivity index (χ4v) is 2.45. The van der Waals surface area contributed by atoms with Crippen LogP contribution >= 0.6 is 0 Å². The van der Waals surface area contributed by atoms with Crippen LogP contribution in [-0.2, 0) is 6.54 Å². The van der Waals surface area contributed by atoms with Crippen molar-refractivity contribution in [2.24, 2.45) is 0 Å². The average molecular weight is 265 g/mol. The van der Waals surface area contributed by atoms with Crippen molar-refractivity contribution in [1.82, 2.24) is 9.55 Å². The van der Waals surface area contributed by atoms with Gasteiger partial charge in [0.1, 0.15) is 0 Å². The van der Waals surface area contributed by atoms with Gasteiger partial charge in [-0.15, -0.1) is 0 Å². The summed E-state index contributed by atoms with van der Waals surface area (Å²) in [6.45, 7) is 3.65. The summed E-state index contributed by atoms with van der Waals surface area (Å²) < 4.78 is 1.73. The fourth-order valence-electron chi connectivity index (χ4n) is 2.45. The lowest BCUT2D eigenvalue weighted by molar-refractivity contribution is 0.282. The molecular formula is C14H23N3O2. The number of aliphatic hydroxyl groups excluding tert-OH is 1. The van der Waals surface area contributed by atoms with Crippen LogP contribution in [0.25, 0.3) is 0 Å². The van der Waals surface area contributed by atoms with Gasteiger partial charge in [0.15, 0.2) is 5.82 Å². The van der Waals surface area contributed by atoms with E-state index in [2.05, 4.69) is 16.8 Å². The van der Waals surface area contributed by atoms with Crippen LogP contribution in [0.5, 0.6) is 0 Å². The van der Waals surface area contributed by atoms with Gasteiger partial charge in [0.2, 0.25) is 0 Å². The smallest absolute Gasteiger partial charge is 0.293 e. The van der Waals surface area contributed by atoms with Gasteiger partial charge in [0, 0.05) is 38.1 Å². The van der Waals surface area contributed by atoms with E-state index in [1.54, 1.807) is 17.0 Å². The Morgan fingerprint density at radius 3 is 2.89 bits per heavy atom. The Kier molecular flexibility index (Phi) is 4.96. The monoisotopic (exact) mass is 265 g/mol. The number of rotatable bonds is 7. The molecule has 1 aliphatic rings. The molecule has 0 atom stereocenters. The fraction of sp³-hybridized carbons (Fsp3) is 0.714. The van der Waals surface area contributed by atoms with Crippen LogP contribution in [0.15, 0.2) is 17.2 Å². The summed E-state index contributed by atoms with van der Waals surface area (Å²) in [6, 6.07) is 0.421. The second-order valence-electron chi connectivity index (χ2n) is 5.10. The third-order valence-corrected chi connectivity index (χ3v) is 3.70. The van der Waals surface area contributed by atoms with Crippen LogP contribution in [0.2, 0.25) is 0 Å². The van der Waals surface area contributed by atoms with Gasteiger partial charge in [-0.1, -0.05) is 6.92 Å². The molecule has 0 aromatic carbocycles. The van der Waals surface area contributed by atoms with Crippen LogP contribution in [0, 0.1) is 0 Å². The molecule has 0 aliphatic heterocycles. The molecule has 1 heterocycles. The van der Waals surface area contributed by atoms with Crippen LogP contribution in [0.4, 0.5) is 5.82 Å². The van der Waals surface area contributed by atoms with Crippen LogP contribution in [-0.4, -0.2) is 33.9 Å². The molecule has 0 spiro atoms. The van der Waals surface area contributed by atoms with Gasteiger partial charge in [0.25, 0.3) is 5.56 Å². The first-order valence-electron chi connectivity index (χ1n) is 7.21. The van der Waals surface area contributed by atoms with Crippen molar-refractivity contribution in [2.45, 2.75) is 51.6 Å². The first-order valence-corrected chi connectivity index (χ1v) is 7.21. The molecule has 0 saturated heterocycles. The molecular weight excluding hydrogens is 242 g/mol. The van der Waals surface area contributed by atoms with Gasteiger partial charge >= 0.3 is 0 Å². The lowest BCUT2D eigenvalue weighted by Gasteiger charge is -2.38. The number of aryl methyl sites for hydroxylation is 1. The van der Waals surface area contributed by atoms with Crippen LogP contribution < -0.4 is 10.5 Å². The maximum atomic E-state index is 12.4. The maximum Gasteiger partial charge on any atom is 0.293 e. The highest BCUT2D eigenvalue weighted by atomic mass is 16.3. The van der Waals surface area contributed by atoms with Gasteiger partial charge in [-0.25, -0.2) is 4.98 Å². The number of aromatic nitrogens is 2. The summed E-state index contributed by atoms with van der Waals surface area (Å²) in [5.74, 6) is 0.550. The largest absolute Gasteiger partial charge is 0.396 e. The molecule has 1 N–H and O–H groups in total. The normalized spacial score (nSPS) is 15.3. The summed E-state index contributed by atoms with van der Waals surface area (Å²) in [4.78, 5) is 18.8. The number of anilines is 1. The maximum absolute atomic E-state index is 12.4. The first-order chi connectivity index (χ1) is 9.27. The Balaban J connectivity index is 2.24. The lowest BCUT2D eigenvalue weighted by Crippen LogP contribution is -2.45. The summed E-state index contributed by atoms with van der Waals surface area (Å²) in [5.41, 5.74) is -0.00538. The molecule has 1 aromatic rings. The van der Waals surface area contributed by atoms with E-state index in [-0.39, 0.29) is 12.2 Å². The summed E-state index contributed by atoms with van der Waals surface area (Å²) in [7, 11) is 0. The quantitative estimate of drug-likeness (QED) is 0.809. The van der Waals surface area contributed by atoms with Gasteiger partial charge in [-0.05, 0) is 32.1 Å². The Morgan fingerprint density at radius 2 is 2.32 bits per heavy atom. The van der Waals surface area contributed by atoms with E-state index in [0.29, 0.717) is 24.8 Å². The van der Waals surface area contributed by atoms with E-state index in [0.717, 1.165) is 25.8 Å². The van der Waals surface area contributed by atoms with Crippen LogP contribution in [0.1, 0.15) is 39.0 Å². The number of nitrogens with zero attached hydrogens (tertiary/aromatic N) is 3. The van der Waals surface area contributed by atoms with Crippen molar-refractivity contribution in [3.05, 3.63) is 22.7 Å². The van der Waals surface area contributed by atoms with Crippen molar-refractivity contribution < 1.29 is 5.11 Å². The van der Waals surface area contributed by atoms with Crippen molar-refractivity contribution >= 4 is 5.82 Å². The summed E-state index contributed by atoms with van der Waals surface area (Å²) in [5, 5.41) is 9.01. The van der Waals surface area contributed by atoms with Gasteiger partial charge < -0.3 is 14.6 Å². The molecule has 0 bridgehead atoms. The zero-order valence-electron chi connectivity index (χ0n) is 11.6. The highest BCUT2D eigenvalue weighted by Gasteiger charge is 2.27. The van der Waals surface area contributed by atoms with Gasteiger partial charge in [-0.2, -0.15) is 0 Å². The Hall–Kier alpha value is -1.36. The summed E-state index contributed by atoms with van der Waals surface area (Å²) >= 11 is 0. The molecule has 5 nitrogen and oxygen atoms in total. The van der Waals surface area contributed by atoms with Crippen LogP contribution in [0.3, 0.4) is 0 Å². The van der Waals surface area contributed by atoms with Crippen molar-refractivity contribution in [3.63, 3.8) is 0 Å². The topological polar surface area (TPSA) is 58.4 Å². The molecule has 2 rings (SSSR count). The second-order valence-corrected chi connectivity index (χ2v) is 5.10. The van der Waals surface area contributed by atoms with Gasteiger partial charge in [-0.3, -0.25) is 4.79 Å². The van der Waals surface area contributed by atoms with E-state index < -0.39 is 0 Å². The Labute approximate surface area is 113 Å². The molecule has 1 aliphatic carbocycles. The summed E-state index contributed by atoms with van der Waals surface area (Å²) in [6.07, 6.45) is 8.53. The van der Waals surface area contributed by atoms with E-state index in [1.807, 2.05) is 0 Å². The molecule has 0 radical (unpaired) electrons. The van der Waals surface area contributed by atoms with E-state index in [1.165, 1.54) is 6.42 Å². The predicted molar refractivity (Wildman–Crippen MR) is 75.5 cm³/mol. The van der Waals surface area contributed by atoms with E-state index >= 15 is 0 Å². The Morgan fingerprint density at radius 1 is 1.53 bits per heavy atom. The van der Waals surface area contributed by atoms with Crippen molar-refractivity contribution in [1.29, 1.82) is 0 Å². The molecule has 1 aromatic heterocycles. The molecule has 1 saturated carbocycles. The molecule has 19 heavy (non-hydrogen) atoms. The first kappa shape index (κ1) is 14.1. The zero-order valence-corrected chi connectivity index (χ0v) is 11.6. The lowest BCUT2D eigenvalue weighted by atomic mass is 9.91. The van der Waals surface area contributed by atoms with E-state index in [9.17, 15) is 4.79 Å². The second kappa shape index (κ2) is 6.70. The number of hydrogen-bond acceptors (Lipinski definition) is 4. The number of hydrogen-bond donors (Lipinski definition) is 1. The molecule has 1 fully saturated rings. The highest BCUT2D eigenvalue weighted by Crippen LogP contribution is 2.27.